The van der Waals surface area contributed by atoms with Crippen molar-refractivity contribution in [1.82, 2.24) is 9.88 Å². The lowest BCUT2D eigenvalue weighted by atomic mass is 10.2. The first-order chi connectivity index (χ1) is 9.11. The second-order valence-electron chi connectivity index (χ2n) is 4.70. The Morgan fingerprint density at radius 1 is 1.47 bits per heavy atom. The average Bonchev–Trinajstić information content (AvgIpc) is 3.05. The second kappa shape index (κ2) is 6.14. The highest BCUT2D eigenvalue weighted by Crippen LogP contribution is 2.25. The number of thiazole rings is 1. The van der Waals surface area contributed by atoms with Gasteiger partial charge in [0.05, 0.1) is 12.1 Å². The van der Waals surface area contributed by atoms with Gasteiger partial charge < -0.3 is 9.64 Å². The fourth-order valence-corrected chi connectivity index (χ4v) is 2.98. The van der Waals surface area contributed by atoms with E-state index in [1.165, 1.54) is 18.4 Å². The Morgan fingerprint density at radius 3 is 2.68 bits per heavy atom. The molecule has 1 saturated carbocycles. The van der Waals surface area contributed by atoms with Gasteiger partial charge in [0.25, 0.3) is 5.91 Å². The summed E-state index contributed by atoms with van der Waals surface area (Å²) in [6.07, 6.45) is 4.11. The molecule has 19 heavy (non-hydrogen) atoms. The van der Waals surface area contributed by atoms with Crippen LogP contribution in [0.1, 0.15) is 41.2 Å². The van der Waals surface area contributed by atoms with Crippen molar-refractivity contribution in [3.05, 3.63) is 16.1 Å². The third-order valence-corrected chi connectivity index (χ3v) is 4.17. The summed E-state index contributed by atoms with van der Waals surface area (Å²) in [5, 5.41) is 2.60. The molecule has 1 aromatic rings. The Hall–Kier alpha value is -1.43. The lowest BCUT2D eigenvalue weighted by Gasteiger charge is -2.27. The highest BCUT2D eigenvalue weighted by Gasteiger charge is 2.30. The topological polar surface area (TPSA) is 59.5 Å². The van der Waals surface area contributed by atoms with E-state index in [0.717, 1.165) is 30.7 Å². The van der Waals surface area contributed by atoms with E-state index in [2.05, 4.69) is 9.72 Å². The van der Waals surface area contributed by atoms with Gasteiger partial charge in [0.1, 0.15) is 12.2 Å². The number of nitrogens with zero attached hydrogens (tertiary/aromatic N) is 2. The number of amides is 1. The predicted octanol–water partition coefficient (Wildman–Crippen LogP) is 2.01. The highest BCUT2D eigenvalue weighted by molar-refractivity contribution is 7.09. The van der Waals surface area contributed by atoms with Crippen LogP contribution in [0.2, 0.25) is 0 Å². The lowest BCUT2D eigenvalue weighted by molar-refractivity contribution is -0.141. The number of hydrogen-bond acceptors (Lipinski definition) is 5. The molecule has 6 heteroatoms. The fraction of sp³-hybridized carbons (Fsp3) is 0.615. The molecule has 2 rings (SSSR count). The lowest BCUT2D eigenvalue weighted by Crippen LogP contribution is -2.42. The molecule has 1 heterocycles. The van der Waals surface area contributed by atoms with Crippen molar-refractivity contribution in [3.63, 3.8) is 0 Å². The number of methoxy groups -OCH3 is 1. The van der Waals surface area contributed by atoms with Gasteiger partial charge in [-0.15, -0.1) is 11.3 Å². The van der Waals surface area contributed by atoms with Gasteiger partial charge in [0.2, 0.25) is 0 Å². The van der Waals surface area contributed by atoms with E-state index >= 15 is 0 Å². The summed E-state index contributed by atoms with van der Waals surface area (Å²) in [6, 6.07) is 0.133. The molecule has 0 spiro atoms. The molecule has 0 aliphatic heterocycles. The summed E-state index contributed by atoms with van der Waals surface area (Å²) in [7, 11) is 1.34. The third kappa shape index (κ3) is 3.32. The summed E-state index contributed by atoms with van der Waals surface area (Å²) >= 11 is 1.44. The summed E-state index contributed by atoms with van der Waals surface area (Å²) in [5.41, 5.74) is 0.429. The maximum Gasteiger partial charge on any atom is 0.325 e. The van der Waals surface area contributed by atoms with E-state index in [4.69, 9.17) is 0 Å². The van der Waals surface area contributed by atoms with Crippen LogP contribution in [0.25, 0.3) is 0 Å². The molecule has 1 aliphatic rings. The van der Waals surface area contributed by atoms with E-state index in [-0.39, 0.29) is 24.5 Å². The number of rotatable bonds is 4. The molecule has 0 radical (unpaired) electrons. The zero-order chi connectivity index (χ0) is 13.8. The summed E-state index contributed by atoms with van der Waals surface area (Å²) < 4.78 is 4.68. The molecule has 1 aromatic heterocycles. The quantitative estimate of drug-likeness (QED) is 0.793. The minimum Gasteiger partial charge on any atom is -0.468 e. The highest BCUT2D eigenvalue weighted by atomic mass is 32.1. The molecule has 0 unspecified atom stereocenters. The van der Waals surface area contributed by atoms with Crippen LogP contribution in [0.3, 0.4) is 0 Å². The number of hydrogen-bond donors (Lipinski definition) is 0. The van der Waals surface area contributed by atoms with Gasteiger partial charge in [-0.25, -0.2) is 4.98 Å². The Kier molecular flexibility index (Phi) is 4.52. The molecule has 1 fully saturated rings. The van der Waals surface area contributed by atoms with Gasteiger partial charge in [-0.3, -0.25) is 9.59 Å². The van der Waals surface area contributed by atoms with Crippen molar-refractivity contribution in [2.75, 3.05) is 13.7 Å². The first-order valence-electron chi connectivity index (χ1n) is 6.41. The van der Waals surface area contributed by atoms with Gasteiger partial charge in [-0.1, -0.05) is 12.8 Å². The van der Waals surface area contributed by atoms with Gasteiger partial charge in [0, 0.05) is 11.4 Å². The first-order valence-corrected chi connectivity index (χ1v) is 7.29. The second-order valence-corrected chi connectivity index (χ2v) is 5.76. The van der Waals surface area contributed by atoms with E-state index < -0.39 is 0 Å². The van der Waals surface area contributed by atoms with Crippen molar-refractivity contribution < 1.29 is 14.3 Å². The predicted molar refractivity (Wildman–Crippen MR) is 72.2 cm³/mol. The summed E-state index contributed by atoms with van der Waals surface area (Å²) in [4.78, 5) is 29.8. The molecule has 5 nitrogen and oxygen atoms in total. The molecule has 0 bridgehead atoms. The molecule has 0 N–H and O–H groups in total. The van der Waals surface area contributed by atoms with Crippen molar-refractivity contribution in [1.29, 1.82) is 0 Å². The maximum absolute atomic E-state index is 12.5. The Bertz CT molecular complexity index is 466. The van der Waals surface area contributed by atoms with E-state index in [0.29, 0.717) is 5.69 Å². The van der Waals surface area contributed by atoms with E-state index in [9.17, 15) is 9.59 Å². The number of carbonyl (C=O) groups excluding carboxylic acids is 2. The number of esters is 1. The standard InChI is InChI=1S/C13H18N2O3S/c1-9-14-11(8-19-9)13(17)15(7-12(16)18-2)10-5-3-4-6-10/h8,10H,3-7H2,1-2H3. The van der Waals surface area contributed by atoms with Crippen LogP contribution >= 0.6 is 11.3 Å². The molecule has 1 aliphatic carbocycles. The van der Waals surface area contributed by atoms with Crippen LogP contribution in [0.5, 0.6) is 0 Å². The first kappa shape index (κ1) is 14.0. The van der Waals surface area contributed by atoms with Gasteiger partial charge in [-0.05, 0) is 19.8 Å². The van der Waals surface area contributed by atoms with Crippen molar-refractivity contribution in [3.8, 4) is 0 Å². The summed E-state index contributed by atoms with van der Waals surface area (Å²) in [6.45, 7) is 1.87. The van der Waals surface area contributed by atoms with Gasteiger partial charge in [0.15, 0.2) is 0 Å². The van der Waals surface area contributed by atoms with Gasteiger partial charge >= 0.3 is 5.97 Å². The zero-order valence-electron chi connectivity index (χ0n) is 11.2. The van der Waals surface area contributed by atoms with Crippen LogP contribution in [0, 0.1) is 6.92 Å². The summed E-state index contributed by atoms with van der Waals surface area (Å²) in [5.74, 6) is -0.547. The number of aromatic nitrogens is 1. The van der Waals surface area contributed by atoms with Crippen molar-refractivity contribution >= 4 is 23.2 Å². The minimum absolute atomic E-state index is 0.0105. The Morgan fingerprint density at radius 2 is 2.16 bits per heavy atom. The van der Waals surface area contributed by atoms with Crippen molar-refractivity contribution in [2.45, 2.75) is 38.6 Å². The zero-order valence-corrected chi connectivity index (χ0v) is 12.0. The Balaban J connectivity index is 2.15. The third-order valence-electron chi connectivity index (χ3n) is 3.39. The molecule has 0 saturated heterocycles. The van der Waals surface area contributed by atoms with Crippen molar-refractivity contribution in [2.24, 2.45) is 0 Å². The largest absolute Gasteiger partial charge is 0.468 e. The smallest absolute Gasteiger partial charge is 0.325 e. The number of carbonyl (C=O) groups is 2. The number of aryl methyl sites for hydroxylation is 1. The molecule has 0 aromatic carbocycles. The van der Waals surface area contributed by atoms with Crippen LogP contribution in [-0.4, -0.2) is 41.5 Å². The molecule has 104 valence electrons. The molecular formula is C13H18N2O3S. The minimum atomic E-state index is -0.382. The maximum atomic E-state index is 12.5. The van der Waals surface area contributed by atoms with E-state index in [1.807, 2.05) is 6.92 Å². The molecule has 0 atom stereocenters. The van der Waals surface area contributed by atoms with Crippen LogP contribution in [0.4, 0.5) is 0 Å². The average molecular weight is 282 g/mol. The normalized spacial score (nSPS) is 15.5. The van der Waals surface area contributed by atoms with E-state index in [1.54, 1.807) is 10.3 Å². The fourth-order valence-electron chi connectivity index (χ4n) is 2.40. The van der Waals surface area contributed by atoms with Crippen LogP contribution in [0.15, 0.2) is 5.38 Å². The monoisotopic (exact) mass is 282 g/mol. The SMILES string of the molecule is COC(=O)CN(C(=O)c1csc(C)n1)C1CCCC1. The molecule has 1 amide bonds. The van der Waals surface area contributed by atoms with Crippen LogP contribution < -0.4 is 0 Å². The van der Waals surface area contributed by atoms with Gasteiger partial charge in [-0.2, -0.15) is 0 Å². The van der Waals surface area contributed by atoms with Crippen LogP contribution in [-0.2, 0) is 9.53 Å². The molecular weight excluding hydrogens is 264 g/mol. The number of ether oxygens (including phenoxy) is 1. The Labute approximate surface area is 116 Å².